The maximum Gasteiger partial charge on any atom is 0.309 e. The van der Waals surface area contributed by atoms with Crippen LogP contribution in [0.25, 0.3) is 0 Å². The maximum absolute atomic E-state index is 13.5. The van der Waals surface area contributed by atoms with Gasteiger partial charge in [-0.05, 0) is 48.2 Å². The van der Waals surface area contributed by atoms with Crippen molar-refractivity contribution in [3.05, 3.63) is 59.7 Å². The van der Waals surface area contributed by atoms with Crippen LogP contribution in [0.4, 0.5) is 0 Å². The van der Waals surface area contributed by atoms with Gasteiger partial charge in [-0.3, -0.25) is 14.5 Å². The molecule has 0 bridgehead atoms. The first-order chi connectivity index (χ1) is 17.4. The monoisotopic (exact) mass is 496 g/mol. The highest BCUT2D eigenvalue weighted by atomic mass is 16.5. The molecule has 0 saturated carbocycles. The zero-order valence-corrected chi connectivity index (χ0v) is 22.0. The number of carbonyl (C=O) groups is 2. The summed E-state index contributed by atoms with van der Waals surface area (Å²) >= 11 is 0. The summed E-state index contributed by atoms with van der Waals surface area (Å²) in [5, 5.41) is 10.4. The molecule has 1 N–H and O–H groups in total. The van der Waals surface area contributed by atoms with E-state index in [0.717, 1.165) is 55.6 Å². The first-order valence-electron chi connectivity index (χ1n) is 13.0. The van der Waals surface area contributed by atoms with Crippen LogP contribution in [0.1, 0.15) is 62.6 Å². The van der Waals surface area contributed by atoms with Crippen LogP contribution >= 0.6 is 0 Å². The molecule has 0 aliphatic carbocycles. The third kappa shape index (κ3) is 6.58. The second-order valence-electron chi connectivity index (χ2n) is 9.48. The number of hydrogen-bond acceptors (Lipinski definition) is 5. The van der Waals surface area contributed by atoms with Gasteiger partial charge in [0, 0.05) is 31.6 Å². The summed E-state index contributed by atoms with van der Waals surface area (Å²) in [6.07, 6.45) is 3.97. The summed E-state index contributed by atoms with van der Waals surface area (Å²) in [6.45, 7) is 6.40. The number of nitrogens with zero attached hydrogens (tertiary/aromatic N) is 2. The summed E-state index contributed by atoms with van der Waals surface area (Å²) < 4.78 is 10.6. The summed E-state index contributed by atoms with van der Waals surface area (Å²) in [5.41, 5.74) is 1.81. The van der Waals surface area contributed by atoms with E-state index in [2.05, 4.69) is 18.7 Å². The van der Waals surface area contributed by atoms with E-state index in [1.807, 2.05) is 53.4 Å². The van der Waals surface area contributed by atoms with Crippen LogP contribution in [0.2, 0.25) is 0 Å². The van der Waals surface area contributed by atoms with Gasteiger partial charge in [0.2, 0.25) is 5.91 Å². The van der Waals surface area contributed by atoms with Gasteiger partial charge in [0.25, 0.3) is 0 Å². The van der Waals surface area contributed by atoms with Gasteiger partial charge in [-0.25, -0.2) is 0 Å². The molecule has 0 radical (unpaired) electrons. The van der Waals surface area contributed by atoms with Gasteiger partial charge in [0.1, 0.15) is 11.5 Å². The molecule has 0 unspecified atom stereocenters. The predicted molar refractivity (Wildman–Crippen MR) is 141 cm³/mol. The van der Waals surface area contributed by atoms with Crippen molar-refractivity contribution in [3.8, 4) is 11.5 Å². The number of carboxylic acids is 1. The number of hydrogen-bond donors (Lipinski definition) is 1. The van der Waals surface area contributed by atoms with Gasteiger partial charge in [-0.15, -0.1) is 0 Å². The van der Waals surface area contributed by atoms with E-state index < -0.39 is 17.9 Å². The Morgan fingerprint density at radius 1 is 0.889 bits per heavy atom. The Kier molecular flexibility index (Phi) is 10.2. The molecule has 1 aliphatic rings. The molecule has 7 nitrogen and oxygen atoms in total. The zero-order chi connectivity index (χ0) is 26.1. The number of amides is 1. The molecule has 3 rings (SSSR count). The lowest BCUT2D eigenvalue weighted by Crippen LogP contribution is -2.42. The van der Waals surface area contributed by atoms with Crippen molar-refractivity contribution in [1.29, 1.82) is 0 Å². The number of ether oxygens (including phenoxy) is 2. The lowest BCUT2D eigenvalue weighted by molar-refractivity contribution is -0.144. The van der Waals surface area contributed by atoms with Gasteiger partial charge in [-0.1, -0.05) is 51.0 Å². The van der Waals surface area contributed by atoms with Crippen molar-refractivity contribution in [1.82, 2.24) is 9.80 Å². The molecule has 196 valence electrons. The topological polar surface area (TPSA) is 79.3 Å². The molecule has 1 aliphatic heterocycles. The van der Waals surface area contributed by atoms with Crippen LogP contribution in [-0.2, 0) is 9.59 Å². The number of unbranched alkanes of at least 4 members (excludes halogenated alkanes) is 2. The van der Waals surface area contributed by atoms with Crippen LogP contribution in [0, 0.1) is 5.92 Å². The summed E-state index contributed by atoms with van der Waals surface area (Å²) in [7, 11) is 3.22. The number of methoxy groups -OCH3 is 2. The Labute approximate surface area is 215 Å². The van der Waals surface area contributed by atoms with Crippen LogP contribution in [-0.4, -0.2) is 67.2 Å². The minimum atomic E-state index is -0.861. The Hall–Kier alpha value is -3.06. The molecule has 36 heavy (non-hydrogen) atoms. The van der Waals surface area contributed by atoms with Crippen molar-refractivity contribution in [2.24, 2.45) is 5.92 Å². The highest BCUT2D eigenvalue weighted by molar-refractivity contribution is 5.79. The lowest BCUT2D eigenvalue weighted by Gasteiger charge is -2.30. The fourth-order valence-electron chi connectivity index (χ4n) is 5.11. The number of rotatable bonds is 13. The van der Waals surface area contributed by atoms with E-state index in [-0.39, 0.29) is 18.4 Å². The average Bonchev–Trinajstić information content (AvgIpc) is 3.28. The minimum Gasteiger partial charge on any atom is -0.497 e. The smallest absolute Gasteiger partial charge is 0.309 e. The fraction of sp³-hybridized carbons (Fsp3) is 0.517. The number of benzene rings is 2. The molecule has 2 aromatic carbocycles. The predicted octanol–water partition coefficient (Wildman–Crippen LogP) is 4.97. The third-order valence-corrected chi connectivity index (χ3v) is 7.14. The SMILES string of the molecule is CCCCN(CCCC)C(=O)CN1C[C@H](c2ccc(OC)cc2)[C@H](C(=O)O)[C@H]1c1ccc(OC)cc1. The molecule has 0 spiro atoms. The van der Waals surface area contributed by atoms with Crippen molar-refractivity contribution in [2.45, 2.75) is 51.5 Å². The molecule has 1 heterocycles. The number of carbonyl (C=O) groups excluding carboxylic acids is 1. The van der Waals surface area contributed by atoms with Crippen molar-refractivity contribution in [2.75, 3.05) is 40.4 Å². The quantitative estimate of drug-likeness (QED) is 0.422. The largest absolute Gasteiger partial charge is 0.497 e. The fourth-order valence-corrected chi connectivity index (χ4v) is 5.11. The average molecular weight is 497 g/mol. The number of likely N-dealkylation sites (tertiary alicyclic amines) is 1. The van der Waals surface area contributed by atoms with E-state index in [4.69, 9.17) is 9.47 Å². The molecule has 1 fully saturated rings. The summed E-state index contributed by atoms with van der Waals surface area (Å²) in [6, 6.07) is 14.7. The Bertz CT molecular complexity index is 968. The van der Waals surface area contributed by atoms with Gasteiger partial charge < -0.3 is 19.5 Å². The highest BCUT2D eigenvalue weighted by Gasteiger charge is 2.48. The molecular weight excluding hydrogens is 456 g/mol. The summed E-state index contributed by atoms with van der Waals surface area (Å²) in [5.74, 6) is -0.309. The van der Waals surface area contributed by atoms with E-state index in [1.54, 1.807) is 14.2 Å². The maximum atomic E-state index is 13.5. The standard InChI is InChI=1S/C29H40N2O5/c1-5-7-17-30(18-8-6-2)26(32)20-31-19-25(21-9-13-23(35-3)14-10-21)27(29(33)34)28(31)22-11-15-24(36-4)16-12-22/h9-16,25,27-28H,5-8,17-20H2,1-4H3,(H,33,34)/t25-,27+,28-/m1/s1. The molecule has 2 aromatic rings. The van der Waals surface area contributed by atoms with Crippen LogP contribution in [0.5, 0.6) is 11.5 Å². The summed E-state index contributed by atoms with van der Waals surface area (Å²) in [4.78, 5) is 30.2. The van der Waals surface area contributed by atoms with E-state index >= 15 is 0 Å². The van der Waals surface area contributed by atoms with Crippen molar-refractivity contribution in [3.63, 3.8) is 0 Å². The third-order valence-electron chi connectivity index (χ3n) is 7.14. The molecule has 1 saturated heterocycles. The molecule has 1 amide bonds. The molecular formula is C29H40N2O5. The Balaban J connectivity index is 1.96. The normalized spacial score (nSPS) is 19.7. The van der Waals surface area contributed by atoms with Gasteiger partial charge in [0.15, 0.2) is 0 Å². The first kappa shape index (κ1) is 27.5. The molecule has 3 atom stereocenters. The van der Waals surface area contributed by atoms with E-state index in [0.29, 0.717) is 12.3 Å². The highest BCUT2D eigenvalue weighted by Crippen LogP contribution is 2.46. The Morgan fingerprint density at radius 2 is 1.39 bits per heavy atom. The van der Waals surface area contributed by atoms with E-state index in [9.17, 15) is 14.7 Å². The van der Waals surface area contributed by atoms with Gasteiger partial charge in [0.05, 0.1) is 26.7 Å². The molecule has 0 aromatic heterocycles. The first-order valence-corrected chi connectivity index (χ1v) is 13.0. The van der Waals surface area contributed by atoms with Crippen molar-refractivity contribution >= 4 is 11.9 Å². The molecule has 7 heteroatoms. The van der Waals surface area contributed by atoms with Crippen LogP contribution in [0.15, 0.2) is 48.5 Å². The van der Waals surface area contributed by atoms with Crippen LogP contribution in [0.3, 0.4) is 0 Å². The number of aliphatic carboxylic acids is 1. The van der Waals surface area contributed by atoms with Gasteiger partial charge in [-0.2, -0.15) is 0 Å². The lowest BCUT2D eigenvalue weighted by atomic mass is 9.83. The van der Waals surface area contributed by atoms with E-state index in [1.165, 1.54) is 0 Å². The second-order valence-corrected chi connectivity index (χ2v) is 9.48. The van der Waals surface area contributed by atoms with Crippen molar-refractivity contribution < 1.29 is 24.2 Å². The second kappa shape index (κ2) is 13.3. The minimum absolute atomic E-state index is 0.0648. The zero-order valence-electron chi connectivity index (χ0n) is 22.0. The van der Waals surface area contributed by atoms with Crippen LogP contribution < -0.4 is 9.47 Å². The van der Waals surface area contributed by atoms with Gasteiger partial charge >= 0.3 is 5.97 Å². The number of carboxylic acid groups (broad SMARTS) is 1. The Morgan fingerprint density at radius 3 is 1.83 bits per heavy atom.